The molecule has 1 aromatic heterocycles. The maximum absolute atomic E-state index is 12.5. The van der Waals surface area contributed by atoms with E-state index in [1.54, 1.807) is 13.2 Å². The number of nitrogens with one attached hydrogen (secondary N) is 1. The van der Waals surface area contributed by atoms with Gasteiger partial charge in [0.2, 0.25) is 0 Å². The fourth-order valence-corrected chi connectivity index (χ4v) is 4.13. The molecule has 1 saturated heterocycles. The van der Waals surface area contributed by atoms with Gasteiger partial charge in [-0.05, 0) is 83.3 Å². The van der Waals surface area contributed by atoms with Crippen molar-refractivity contribution in [1.82, 2.24) is 14.8 Å². The van der Waals surface area contributed by atoms with Crippen LogP contribution in [0.2, 0.25) is 0 Å². The monoisotopic (exact) mass is 400 g/mol. The van der Waals surface area contributed by atoms with Gasteiger partial charge in [0, 0.05) is 25.0 Å². The summed E-state index contributed by atoms with van der Waals surface area (Å²) in [4.78, 5) is 14.9. The van der Waals surface area contributed by atoms with E-state index < -0.39 is 0 Å². The quantitative estimate of drug-likeness (QED) is 0.391. The molecule has 0 radical (unpaired) electrons. The lowest BCUT2D eigenvalue weighted by molar-refractivity contribution is -0.117. The number of nitrogens with zero attached hydrogens (tertiary/aromatic N) is 3. The molecule has 0 aromatic carbocycles. The van der Waals surface area contributed by atoms with Crippen molar-refractivity contribution >= 4 is 12.0 Å². The van der Waals surface area contributed by atoms with Gasteiger partial charge in [-0.3, -0.25) is 4.79 Å². The largest absolute Gasteiger partial charge is 0.383 e. The summed E-state index contributed by atoms with van der Waals surface area (Å²) in [5, 5.41) is 12.4. The van der Waals surface area contributed by atoms with Crippen LogP contribution in [-0.2, 0) is 9.53 Å². The predicted octanol–water partition coefficient (Wildman–Crippen LogP) is 3.46. The molecule has 1 N–H and O–H groups in total. The molecule has 1 fully saturated rings. The normalized spacial score (nSPS) is 17.2. The van der Waals surface area contributed by atoms with Gasteiger partial charge in [0.1, 0.15) is 11.6 Å². The molecule has 2 heterocycles. The highest BCUT2D eigenvalue weighted by atomic mass is 16.5. The second-order valence-corrected chi connectivity index (χ2v) is 8.30. The van der Waals surface area contributed by atoms with Crippen LogP contribution in [0.25, 0.3) is 6.08 Å². The van der Waals surface area contributed by atoms with Crippen LogP contribution in [0.4, 0.5) is 0 Å². The van der Waals surface area contributed by atoms with Crippen LogP contribution in [0.3, 0.4) is 0 Å². The number of nitriles is 1. The van der Waals surface area contributed by atoms with Crippen LogP contribution in [0, 0.1) is 31.1 Å². The molecule has 1 aromatic rings. The molecule has 0 spiro atoms. The number of carbonyl (C=O) groups is 1. The number of methoxy groups -OCH3 is 1. The van der Waals surface area contributed by atoms with Crippen LogP contribution in [0.1, 0.15) is 56.1 Å². The maximum Gasteiger partial charge on any atom is 0.261 e. The number of ether oxygens (including phenoxy) is 1. The molecule has 0 saturated carbocycles. The van der Waals surface area contributed by atoms with Crippen molar-refractivity contribution < 1.29 is 9.53 Å². The van der Waals surface area contributed by atoms with Gasteiger partial charge in [0.15, 0.2) is 0 Å². The molecule has 0 aliphatic carbocycles. The lowest BCUT2D eigenvalue weighted by atomic mass is 9.99. The highest BCUT2D eigenvalue weighted by Crippen LogP contribution is 2.23. The Balaban J connectivity index is 1.93. The summed E-state index contributed by atoms with van der Waals surface area (Å²) in [5.74, 6) is 0.531. The zero-order valence-electron chi connectivity index (χ0n) is 18.6. The van der Waals surface area contributed by atoms with Crippen molar-refractivity contribution in [3.05, 3.63) is 28.6 Å². The second-order valence-electron chi connectivity index (χ2n) is 8.30. The van der Waals surface area contributed by atoms with Crippen LogP contribution in [-0.4, -0.2) is 55.3 Å². The number of aromatic nitrogens is 1. The number of aryl methyl sites for hydroxylation is 1. The Kier molecular flexibility index (Phi) is 8.94. The maximum atomic E-state index is 12.5. The lowest BCUT2D eigenvalue weighted by Gasteiger charge is -2.30. The van der Waals surface area contributed by atoms with E-state index in [1.165, 1.54) is 12.8 Å². The van der Waals surface area contributed by atoms with E-state index in [0.717, 1.165) is 48.9 Å². The first-order valence-corrected chi connectivity index (χ1v) is 10.7. The van der Waals surface area contributed by atoms with E-state index in [-0.39, 0.29) is 17.5 Å². The highest BCUT2D eigenvalue weighted by molar-refractivity contribution is 6.01. The average Bonchev–Trinajstić information content (AvgIpc) is 2.97. The Bertz CT molecular complexity index is 752. The van der Waals surface area contributed by atoms with E-state index in [9.17, 15) is 10.1 Å². The highest BCUT2D eigenvalue weighted by Gasteiger charge is 2.17. The van der Waals surface area contributed by atoms with Gasteiger partial charge >= 0.3 is 0 Å². The van der Waals surface area contributed by atoms with Crippen molar-refractivity contribution in [2.75, 3.05) is 39.9 Å². The number of hydrogen-bond acceptors (Lipinski definition) is 4. The van der Waals surface area contributed by atoms with Crippen molar-refractivity contribution in [2.24, 2.45) is 5.92 Å². The van der Waals surface area contributed by atoms with E-state index in [0.29, 0.717) is 13.2 Å². The van der Waals surface area contributed by atoms with Crippen LogP contribution >= 0.6 is 0 Å². The number of amides is 1. The number of rotatable bonds is 9. The smallest absolute Gasteiger partial charge is 0.261 e. The van der Waals surface area contributed by atoms with Gasteiger partial charge in [-0.1, -0.05) is 6.92 Å². The predicted molar refractivity (Wildman–Crippen MR) is 117 cm³/mol. The molecule has 160 valence electrons. The van der Waals surface area contributed by atoms with Crippen molar-refractivity contribution in [1.29, 1.82) is 5.26 Å². The number of hydrogen-bond donors (Lipinski definition) is 1. The number of likely N-dealkylation sites (tertiary alicyclic amines) is 1. The van der Waals surface area contributed by atoms with Gasteiger partial charge < -0.3 is 19.5 Å². The fraction of sp³-hybridized carbons (Fsp3) is 0.652. The van der Waals surface area contributed by atoms with Crippen molar-refractivity contribution in [2.45, 2.75) is 53.0 Å². The van der Waals surface area contributed by atoms with E-state index in [2.05, 4.69) is 34.7 Å². The van der Waals surface area contributed by atoms with Gasteiger partial charge in [-0.2, -0.15) is 5.26 Å². The third-order valence-electron chi connectivity index (χ3n) is 5.85. The molecule has 6 nitrogen and oxygen atoms in total. The molecule has 0 bridgehead atoms. The van der Waals surface area contributed by atoms with Gasteiger partial charge in [0.05, 0.1) is 12.6 Å². The lowest BCUT2D eigenvalue weighted by Crippen LogP contribution is -2.35. The summed E-state index contributed by atoms with van der Waals surface area (Å²) >= 11 is 0. The summed E-state index contributed by atoms with van der Waals surface area (Å²) < 4.78 is 7.45. The Labute approximate surface area is 175 Å². The summed E-state index contributed by atoms with van der Waals surface area (Å²) in [6, 6.07) is 4.27. The molecule has 1 amide bonds. The van der Waals surface area contributed by atoms with Crippen LogP contribution in [0.15, 0.2) is 11.6 Å². The zero-order chi connectivity index (χ0) is 21.4. The topological polar surface area (TPSA) is 70.3 Å². The summed E-state index contributed by atoms with van der Waals surface area (Å²) in [7, 11) is 1.69. The molecule has 2 rings (SSSR count). The molecule has 6 heteroatoms. The van der Waals surface area contributed by atoms with Crippen molar-refractivity contribution in [3.8, 4) is 6.07 Å². The minimum atomic E-state index is -0.297. The standard InChI is InChI=1S/C23H36N4O2/c1-17-7-11-26(12-8-17)10-6-9-25-23(28)22(15-24)14-21-13-18(2)27(20(21)4)19(3)16-29-5/h13-14,17,19H,6-12,16H2,1-5H3,(H,25,28)/b22-14+. The first-order valence-electron chi connectivity index (χ1n) is 10.7. The van der Waals surface area contributed by atoms with E-state index in [1.807, 2.05) is 19.9 Å². The third-order valence-corrected chi connectivity index (χ3v) is 5.85. The summed E-state index contributed by atoms with van der Waals surface area (Å²) in [6.07, 6.45) is 5.12. The molecule has 1 aliphatic rings. The summed E-state index contributed by atoms with van der Waals surface area (Å²) in [5.41, 5.74) is 3.18. The van der Waals surface area contributed by atoms with E-state index >= 15 is 0 Å². The summed E-state index contributed by atoms with van der Waals surface area (Å²) in [6.45, 7) is 12.9. The van der Waals surface area contributed by atoms with Gasteiger partial charge in [0.25, 0.3) is 5.91 Å². The minimum Gasteiger partial charge on any atom is -0.383 e. The van der Waals surface area contributed by atoms with Crippen molar-refractivity contribution in [3.63, 3.8) is 0 Å². The molecule has 1 unspecified atom stereocenters. The molecule has 1 atom stereocenters. The van der Waals surface area contributed by atoms with Gasteiger partial charge in [-0.25, -0.2) is 0 Å². The molecule has 29 heavy (non-hydrogen) atoms. The molecular weight excluding hydrogens is 364 g/mol. The van der Waals surface area contributed by atoms with Gasteiger partial charge in [-0.15, -0.1) is 0 Å². The van der Waals surface area contributed by atoms with E-state index in [4.69, 9.17) is 4.74 Å². The first-order chi connectivity index (χ1) is 13.9. The minimum absolute atomic E-state index is 0.149. The second kappa shape index (κ2) is 11.2. The van der Waals surface area contributed by atoms with Crippen LogP contribution in [0.5, 0.6) is 0 Å². The Morgan fingerprint density at radius 2 is 2.10 bits per heavy atom. The first kappa shape index (κ1) is 23.2. The Morgan fingerprint density at radius 3 is 2.72 bits per heavy atom. The average molecular weight is 401 g/mol. The molecule has 1 aliphatic heterocycles. The van der Waals surface area contributed by atoms with Crippen LogP contribution < -0.4 is 5.32 Å². The fourth-order valence-electron chi connectivity index (χ4n) is 4.13. The third kappa shape index (κ3) is 6.45. The zero-order valence-corrected chi connectivity index (χ0v) is 18.6. The Hall–Kier alpha value is -2.10. The SMILES string of the molecule is COCC(C)n1c(C)cc(/C=C(\C#N)C(=O)NCCCN2CCC(C)CC2)c1C. The Morgan fingerprint density at radius 1 is 1.41 bits per heavy atom. The molecular formula is C23H36N4O2. The number of piperidine rings is 1. The number of carbonyl (C=O) groups excluding carboxylic acids is 1.